The van der Waals surface area contributed by atoms with Crippen molar-refractivity contribution >= 4 is 18.0 Å². The highest BCUT2D eigenvalue weighted by molar-refractivity contribution is 5.91. The third kappa shape index (κ3) is 8.63. The number of unbranched alkanes of at least 4 members (excludes halogenated alkanes) is 1. The number of fused-ring (bicyclic) bond motifs is 1. The second-order valence-corrected chi connectivity index (χ2v) is 13.4. The molecule has 0 aromatic heterocycles. The summed E-state index contributed by atoms with van der Waals surface area (Å²) in [5.41, 5.74) is 1.91. The van der Waals surface area contributed by atoms with Crippen LogP contribution in [0.1, 0.15) is 83.8 Å². The van der Waals surface area contributed by atoms with E-state index in [4.69, 9.17) is 23.7 Å². The maximum Gasteiger partial charge on any atom is 0.407 e. The Kier molecular flexibility index (Phi) is 11.5. The fourth-order valence-electron chi connectivity index (χ4n) is 6.09. The van der Waals surface area contributed by atoms with Crippen LogP contribution >= 0.6 is 0 Å². The first kappa shape index (κ1) is 34.0. The fraction of sp³-hybridized carbons (Fsp3) is 0.727. The van der Waals surface area contributed by atoms with Crippen LogP contribution < -0.4 is 15.4 Å². The van der Waals surface area contributed by atoms with Gasteiger partial charge >= 0.3 is 12.1 Å². The van der Waals surface area contributed by atoms with Gasteiger partial charge in [-0.1, -0.05) is 39.8 Å². The van der Waals surface area contributed by atoms with E-state index in [1.807, 2.05) is 39.8 Å². The summed E-state index contributed by atoms with van der Waals surface area (Å²) in [5, 5.41) is 6.18. The Labute approximate surface area is 261 Å². The summed E-state index contributed by atoms with van der Waals surface area (Å²) in [5.74, 6) is 0.0740. The molecule has 44 heavy (non-hydrogen) atoms. The van der Waals surface area contributed by atoms with Gasteiger partial charge in [-0.15, -0.1) is 0 Å². The summed E-state index contributed by atoms with van der Waals surface area (Å²) in [7, 11) is 2.86. The van der Waals surface area contributed by atoms with Gasteiger partial charge in [0.25, 0.3) is 0 Å². The van der Waals surface area contributed by atoms with Crippen LogP contribution in [-0.2, 0) is 41.6 Å². The van der Waals surface area contributed by atoms with E-state index in [1.54, 1.807) is 7.11 Å². The minimum Gasteiger partial charge on any atom is -0.493 e. The normalized spacial score (nSPS) is 21.7. The van der Waals surface area contributed by atoms with Gasteiger partial charge in [0.05, 0.1) is 26.4 Å². The van der Waals surface area contributed by atoms with Gasteiger partial charge in [0, 0.05) is 44.1 Å². The van der Waals surface area contributed by atoms with Crippen molar-refractivity contribution in [3.63, 3.8) is 0 Å². The number of nitrogens with one attached hydrogen (secondary N) is 2. The van der Waals surface area contributed by atoms with Crippen molar-refractivity contribution in [3.05, 3.63) is 29.3 Å². The molecule has 2 amide bonds. The first-order valence-electron chi connectivity index (χ1n) is 15.9. The van der Waals surface area contributed by atoms with Crippen molar-refractivity contribution in [2.75, 3.05) is 34.0 Å². The monoisotopic (exact) mass is 617 g/mol. The number of benzene rings is 1. The number of nitrogens with zero attached hydrogens (tertiary/aromatic N) is 1. The lowest BCUT2D eigenvalue weighted by atomic mass is 9.85. The van der Waals surface area contributed by atoms with Crippen LogP contribution in [0, 0.1) is 10.8 Å². The molecule has 2 N–H and O–H groups in total. The van der Waals surface area contributed by atoms with E-state index >= 15 is 0 Å². The molecular weight excluding hydrogens is 566 g/mol. The molecule has 246 valence electrons. The number of amides is 2. The van der Waals surface area contributed by atoms with Gasteiger partial charge in [0.1, 0.15) is 17.8 Å². The Morgan fingerprint density at radius 1 is 1.14 bits per heavy atom. The first-order valence-corrected chi connectivity index (χ1v) is 15.9. The average molecular weight is 618 g/mol. The van der Waals surface area contributed by atoms with E-state index in [0.717, 1.165) is 50.9 Å². The molecule has 4 rings (SSSR count). The maximum absolute atomic E-state index is 13.9. The Hall–Kier alpha value is -2.89. The molecule has 11 heteroatoms. The summed E-state index contributed by atoms with van der Waals surface area (Å²) < 4.78 is 28.1. The average Bonchev–Trinajstić information content (AvgIpc) is 3.38. The molecule has 3 aliphatic rings. The number of esters is 1. The van der Waals surface area contributed by atoms with Crippen LogP contribution in [0.25, 0.3) is 0 Å². The fourth-order valence-corrected chi connectivity index (χ4v) is 6.09. The largest absolute Gasteiger partial charge is 0.493 e. The van der Waals surface area contributed by atoms with E-state index in [0.29, 0.717) is 19.6 Å². The number of hydrogen-bond acceptors (Lipinski definition) is 9. The molecule has 4 unspecified atom stereocenters. The molecule has 1 saturated carbocycles. The topological polar surface area (TPSA) is 125 Å². The zero-order valence-corrected chi connectivity index (χ0v) is 27.2. The Morgan fingerprint density at radius 3 is 2.57 bits per heavy atom. The lowest BCUT2D eigenvalue weighted by molar-refractivity contribution is -0.155. The number of likely N-dealkylation sites (tertiary alicyclic amines) is 1. The third-order valence-corrected chi connectivity index (χ3v) is 9.01. The lowest BCUT2D eigenvalue weighted by Crippen LogP contribution is -2.57. The minimum absolute atomic E-state index is 0.0108. The van der Waals surface area contributed by atoms with Crippen molar-refractivity contribution < 1.29 is 38.1 Å². The van der Waals surface area contributed by atoms with Gasteiger partial charge in [-0.2, -0.15) is 0 Å². The van der Waals surface area contributed by atoms with Crippen molar-refractivity contribution in [2.24, 2.45) is 10.8 Å². The van der Waals surface area contributed by atoms with Gasteiger partial charge in [-0.25, -0.2) is 9.59 Å². The Morgan fingerprint density at radius 2 is 1.91 bits per heavy atom. The maximum atomic E-state index is 13.9. The van der Waals surface area contributed by atoms with Crippen LogP contribution in [0.3, 0.4) is 0 Å². The summed E-state index contributed by atoms with van der Waals surface area (Å²) in [6, 6.07) is 4.49. The summed E-state index contributed by atoms with van der Waals surface area (Å²) in [4.78, 5) is 41.0. The third-order valence-electron chi connectivity index (χ3n) is 9.01. The van der Waals surface area contributed by atoms with Crippen LogP contribution in [0.5, 0.6) is 5.75 Å². The zero-order valence-electron chi connectivity index (χ0n) is 27.2. The smallest absolute Gasteiger partial charge is 0.407 e. The molecule has 0 radical (unpaired) electrons. The number of rotatable bonds is 15. The summed E-state index contributed by atoms with van der Waals surface area (Å²) >= 11 is 0. The van der Waals surface area contributed by atoms with Crippen molar-refractivity contribution in [3.8, 4) is 5.75 Å². The standard InChI is InChI=1S/C33H51N3O8/c1-7-27(40-5)44-23-17-25(30(38)41-6)36(20-23)29(37)28(32(2,3)4)35-31(39)43-21-33(14-15-33)13-8-9-16-42-26-12-10-11-22-18-34-19-24(22)26/h10-12,23,25,27-28,34H,7-9,13-21H2,1-6H3,(H,35,39). The Bertz CT molecular complexity index is 1140. The van der Waals surface area contributed by atoms with Crippen molar-refractivity contribution in [2.45, 2.75) is 110 Å². The molecule has 2 heterocycles. The van der Waals surface area contributed by atoms with E-state index < -0.39 is 42.0 Å². The quantitative estimate of drug-likeness (QED) is 0.168. The van der Waals surface area contributed by atoms with E-state index in [9.17, 15) is 14.4 Å². The van der Waals surface area contributed by atoms with Gasteiger partial charge in [-0.05, 0) is 55.6 Å². The predicted molar refractivity (Wildman–Crippen MR) is 164 cm³/mol. The van der Waals surface area contributed by atoms with Gasteiger partial charge in [-0.3, -0.25) is 4.79 Å². The van der Waals surface area contributed by atoms with Crippen molar-refractivity contribution in [1.29, 1.82) is 0 Å². The van der Waals surface area contributed by atoms with E-state index in [1.165, 1.54) is 23.1 Å². The second-order valence-electron chi connectivity index (χ2n) is 13.4. The Balaban J connectivity index is 1.26. The molecule has 2 fully saturated rings. The highest BCUT2D eigenvalue weighted by Crippen LogP contribution is 2.50. The number of alkyl carbamates (subject to hydrolysis) is 1. The summed E-state index contributed by atoms with van der Waals surface area (Å²) in [6.07, 6.45) is 4.33. The van der Waals surface area contributed by atoms with E-state index in [2.05, 4.69) is 16.7 Å². The predicted octanol–water partition coefficient (Wildman–Crippen LogP) is 4.30. The highest BCUT2D eigenvalue weighted by Gasteiger charge is 2.47. The zero-order chi connectivity index (χ0) is 31.9. The number of methoxy groups -OCH3 is 2. The molecule has 2 aliphatic heterocycles. The molecule has 1 aromatic carbocycles. The molecule has 0 bridgehead atoms. The van der Waals surface area contributed by atoms with Gasteiger partial charge < -0.3 is 39.2 Å². The molecule has 1 saturated heterocycles. The molecule has 1 aromatic rings. The van der Waals surface area contributed by atoms with Gasteiger partial charge in [0.15, 0.2) is 6.29 Å². The van der Waals surface area contributed by atoms with Crippen LogP contribution in [0.15, 0.2) is 18.2 Å². The number of hydrogen-bond donors (Lipinski definition) is 2. The highest BCUT2D eigenvalue weighted by atomic mass is 16.7. The lowest BCUT2D eigenvalue weighted by Gasteiger charge is -2.34. The van der Waals surface area contributed by atoms with Crippen LogP contribution in [-0.4, -0.2) is 81.3 Å². The molecule has 11 nitrogen and oxygen atoms in total. The number of carbonyl (C=O) groups excluding carboxylic acids is 3. The molecule has 0 spiro atoms. The van der Waals surface area contributed by atoms with Crippen LogP contribution in [0.4, 0.5) is 4.79 Å². The SMILES string of the molecule is CCC(OC)OC1CC(C(=O)OC)N(C(=O)C(NC(=O)OCC2(CCCCOc3cccc4c3CNC4)CC2)C(C)(C)C)C1. The summed E-state index contributed by atoms with van der Waals surface area (Å²) in [6.45, 7) is 10.4. The van der Waals surface area contributed by atoms with Crippen LogP contribution in [0.2, 0.25) is 0 Å². The number of ether oxygens (including phenoxy) is 5. The first-order chi connectivity index (χ1) is 21.0. The number of carbonyl (C=O) groups is 3. The van der Waals surface area contributed by atoms with Crippen molar-refractivity contribution in [1.82, 2.24) is 15.5 Å². The molecular formula is C33H51N3O8. The van der Waals surface area contributed by atoms with E-state index in [-0.39, 0.29) is 24.3 Å². The molecule has 4 atom stereocenters. The van der Waals surface area contributed by atoms with Gasteiger partial charge in [0.2, 0.25) is 5.91 Å². The second kappa shape index (κ2) is 14.9. The minimum atomic E-state index is -0.910. The molecule has 1 aliphatic carbocycles.